The van der Waals surface area contributed by atoms with Crippen LogP contribution < -0.4 is 10.2 Å². The Morgan fingerprint density at radius 2 is 1.59 bits per heavy atom. The number of benzene rings is 3. The summed E-state index contributed by atoms with van der Waals surface area (Å²) in [6.45, 7) is 0.330. The Morgan fingerprint density at radius 3 is 2.37 bits per heavy atom. The fourth-order valence-corrected chi connectivity index (χ4v) is 2.77. The summed E-state index contributed by atoms with van der Waals surface area (Å²) in [6, 6.07) is 21.7. The zero-order valence-electron chi connectivity index (χ0n) is 14.2. The van der Waals surface area contributed by atoms with E-state index in [9.17, 15) is 4.79 Å². The molecule has 4 nitrogen and oxygen atoms in total. The van der Waals surface area contributed by atoms with Crippen LogP contribution in [0.4, 0.5) is 0 Å². The minimum atomic E-state index is -0.383. The molecule has 0 heterocycles. The summed E-state index contributed by atoms with van der Waals surface area (Å²) in [5, 5.41) is 5.02. The Morgan fingerprint density at radius 1 is 0.926 bits per heavy atom. The van der Waals surface area contributed by atoms with Crippen molar-refractivity contribution < 1.29 is 9.53 Å². The number of nitrogens with one attached hydrogen (secondary N) is 1. The molecule has 3 rings (SSSR count). The topological polar surface area (TPSA) is 50.7 Å². The molecule has 0 saturated heterocycles. The van der Waals surface area contributed by atoms with Crippen molar-refractivity contribution in [2.75, 3.05) is 0 Å². The third kappa shape index (κ3) is 5.09. The summed E-state index contributed by atoms with van der Waals surface area (Å²) in [6.07, 6.45) is 1.52. The van der Waals surface area contributed by atoms with Crippen LogP contribution in [0.2, 0.25) is 10.0 Å². The summed E-state index contributed by atoms with van der Waals surface area (Å²) < 4.78 is 5.86. The highest BCUT2D eigenvalue weighted by Gasteiger charge is 2.08. The second kappa shape index (κ2) is 9.21. The molecule has 3 aromatic rings. The second-order valence-electron chi connectivity index (χ2n) is 5.60. The van der Waals surface area contributed by atoms with Gasteiger partial charge in [0.15, 0.2) is 0 Å². The molecule has 6 heteroatoms. The van der Waals surface area contributed by atoms with Crippen LogP contribution in [0.3, 0.4) is 0 Å². The molecular weight excluding hydrogens is 383 g/mol. The molecule has 0 aliphatic carbocycles. The monoisotopic (exact) mass is 398 g/mol. The molecule has 0 aliphatic rings. The molecule has 3 aromatic carbocycles. The Kier molecular flexibility index (Phi) is 6.47. The maximum absolute atomic E-state index is 12.1. The van der Waals surface area contributed by atoms with Crippen LogP contribution in [0.5, 0.6) is 5.75 Å². The highest BCUT2D eigenvalue weighted by atomic mass is 35.5. The van der Waals surface area contributed by atoms with Gasteiger partial charge < -0.3 is 4.74 Å². The van der Waals surface area contributed by atoms with E-state index in [0.717, 1.165) is 11.1 Å². The summed E-state index contributed by atoms with van der Waals surface area (Å²) in [5.74, 6) is 0.250. The van der Waals surface area contributed by atoms with Crippen molar-refractivity contribution in [2.45, 2.75) is 6.61 Å². The first kappa shape index (κ1) is 19.0. The largest absolute Gasteiger partial charge is 0.488 e. The fraction of sp³-hybridized carbons (Fsp3) is 0.0476. The number of halogens is 2. The maximum atomic E-state index is 12.1. The van der Waals surface area contributed by atoms with Gasteiger partial charge in [-0.15, -0.1) is 0 Å². The molecule has 0 aromatic heterocycles. The van der Waals surface area contributed by atoms with Crippen molar-refractivity contribution in [2.24, 2.45) is 5.10 Å². The number of amides is 1. The SMILES string of the molecule is O=C(N/N=C\c1ccccc1OCc1ccccc1Cl)c1ccccc1Cl. The highest BCUT2D eigenvalue weighted by molar-refractivity contribution is 6.33. The molecular formula is C21H16Cl2N2O2. The number of carbonyl (C=O) groups excluding carboxylic acids is 1. The van der Waals surface area contributed by atoms with E-state index in [-0.39, 0.29) is 5.91 Å². The van der Waals surface area contributed by atoms with E-state index in [4.69, 9.17) is 27.9 Å². The van der Waals surface area contributed by atoms with E-state index in [2.05, 4.69) is 10.5 Å². The predicted octanol–water partition coefficient (Wildman–Crippen LogP) is 5.34. The van der Waals surface area contributed by atoms with Gasteiger partial charge in [0, 0.05) is 16.1 Å². The average Bonchev–Trinajstić information content (AvgIpc) is 2.68. The first-order chi connectivity index (χ1) is 13.1. The fourth-order valence-electron chi connectivity index (χ4n) is 2.36. The van der Waals surface area contributed by atoms with E-state index in [1.165, 1.54) is 6.21 Å². The Balaban J connectivity index is 1.67. The molecule has 0 spiro atoms. The van der Waals surface area contributed by atoms with Gasteiger partial charge in [-0.1, -0.05) is 65.7 Å². The lowest BCUT2D eigenvalue weighted by atomic mass is 10.2. The number of ether oxygens (including phenoxy) is 1. The Labute approximate surface area is 167 Å². The number of hydrogen-bond acceptors (Lipinski definition) is 3. The van der Waals surface area contributed by atoms with Gasteiger partial charge in [-0.05, 0) is 30.3 Å². The first-order valence-electron chi connectivity index (χ1n) is 8.18. The van der Waals surface area contributed by atoms with Crippen molar-refractivity contribution in [3.63, 3.8) is 0 Å². The number of hydrazone groups is 1. The third-order valence-electron chi connectivity index (χ3n) is 3.75. The molecule has 0 saturated carbocycles. The van der Waals surface area contributed by atoms with Crippen molar-refractivity contribution in [1.82, 2.24) is 5.43 Å². The van der Waals surface area contributed by atoms with E-state index in [1.54, 1.807) is 24.3 Å². The second-order valence-corrected chi connectivity index (χ2v) is 6.41. The van der Waals surface area contributed by atoms with Crippen LogP contribution in [-0.2, 0) is 6.61 Å². The van der Waals surface area contributed by atoms with Crippen molar-refractivity contribution >= 4 is 35.3 Å². The highest BCUT2D eigenvalue weighted by Crippen LogP contribution is 2.21. The third-order valence-corrected chi connectivity index (χ3v) is 4.45. The number of hydrogen-bond donors (Lipinski definition) is 1. The summed E-state index contributed by atoms with van der Waals surface area (Å²) in [5.41, 5.74) is 4.44. The van der Waals surface area contributed by atoms with Gasteiger partial charge in [-0.3, -0.25) is 4.79 Å². The van der Waals surface area contributed by atoms with Gasteiger partial charge in [-0.2, -0.15) is 5.10 Å². The van der Waals surface area contributed by atoms with Gasteiger partial charge in [0.25, 0.3) is 5.91 Å². The molecule has 0 atom stereocenters. The van der Waals surface area contributed by atoms with Crippen LogP contribution in [-0.4, -0.2) is 12.1 Å². The zero-order chi connectivity index (χ0) is 19.1. The molecule has 0 aliphatic heterocycles. The van der Waals surface area contributed by atoms with Crippen molar-refractivity contribution in [3.05, 3.63) is 99.5 Å². The van der Waals surface area contributed by atoms with Crippen molar-refractivity contribution in [3.8, 4) is 5.75 Å². The summed E-state index contributed by atoms with van der Waals surface area (Å²) >= 11 is 12.2. The lowest BCUT2D eigenvalue weighted by Gasteiger charge is -2.10. The molecule has 1 N–H and O–H groups in total. The quantitative estimate of drug-likeness (QED) is 0.450. The molecule has 0 bridgehead atoms. The first-order valence-corrected chi connectivity index (χ1v) is 8.94. The van der Waals surface area contributed by atoms with Gasteiger partial charge in [0.1, 0.15) is 12.4 Å². The standard InChI is InChI=1S/C21H16Cl2N2O2/c22-18-10-4-1-8-16(18)14-27-20-12-6-2-7-15(20)13-24-25-21(26)17-9-3-5-11-19(17)23/h1-13H,14H2,(H,25,26)/b24-13-. The van der Waals surface area contributed by atoms with Gasteiger partial charge in [0.2, 0.25) is 0 Å². The van der Waals surface area contributed by atoms with E-state index >= 15 is 0 Å². The van der Waals surface area contributed by atoms with Crippen LogP contribution in [0.25, 0.3) is 0 Å². The van der Waals surface area contributed by atoms with Crippen LogP contribution in [0.15, 0.2) is 77.9 Å². The predicted molar refractivity (Wildman–Crippen MR) is 109 cm³/mol. The summed E-state index contributed by atoms with van der Waals surface area (Å²) in [7, 11) is 0. The molecule has 0 unspecified atom stereocenters. The Hall–Kier alpha value is -2.82. The number of carbonyl (C=O) groups is 1. The number of para-hydroxylation sites is 1. The van der Waals surface area contributed by atoms with Crippen LogP contribution in [0, 0.1) is 0 Å². The molecule has 136 valence electrons. The minimum Gasteiger partial charge on any atom is -0.488 e. The number of rotatable bonds is 6. The smallest absolute Gasteiger partial charge is 0.272 e. The van der Waals surface area contributed by atoms with Crippen LogP contribution >= 0.6 is 23.2 Å². The van der Waals surface area contributed by atoms with E-state index in [0.29, 0.717) is 28.0 Å². The lowest BCUT2D eigenvalue weighted by molar-refractivity contribution is 0.0955. The maximum Gasteiger partial charge on any atom is 0.272 e. The lowest BCUT2D eigenvalue weighted by Crippen LogP contribution is -2.18. The molecule has 1 amide bonds. The average molecular weight is 399 g/mol. The normalized spacial score (nSPS) is 10.7. The van der Waals surface area contributed by atoms with Gasteiger partial charge in [0.05, 0.1) is 16.8 Å². The minimum absolute atomic E-state index is 0.330. The van der Waals surface area contributed by atoms with Gasteiger partial charge >= 0.3 is 0 Å². The molecule has 27 heavy (non-hydrogen) atoms. The summed E-state index contributed by atoms with van der Waals surface area (Å²) in [4.78, 5) is 12.1. The van der Waals surface area contributed by atoms with Crippen LogP contribution in [0.1, 0.15) is 21.5 Å². The Bertz CT molecular complexity index is 974. The van der Waals surface area contributed by atoms with E-state index < -0.39 is 0 Å². The van der Waals surface area contributed by atoms with Gasteiger partial charge in [-0.25, -0.2) is 5.43 Å². The molecule has 0 radical (unpaired) electrons. The van der Waals surface area contributed by atoms with E-state index in [1.807, 2.05) is 48.5 Å². The number of nitrogens with zero attached hydrogens (tertiary/aromatic N) is 1. The zero-order valence-corrected chi connectivity index (χ0v) is 15.7. The van der Waals surface area contributed by atoms with Crippen molar-refractivity contribution in [1.29, 1.82) is 0 Å². The molecule has 0 fully saturated rings.